The number of alkyl carbamates (subject to hydrolysis) is 1. The van der Waals surface area contributed by atoms with Crippen LogP contribution in [0.25, 0.3) is 0 Å². The molecule has 2 aliphatic rings. The summed E-state index contributed by atoms with van der Waals surface area (Å²) in [5, 5.41) is 3.17. The average molecular weight is 353 g/mol. The fraction of sp³-hybridized carbons (Fsp3) is 0.952. The number of nitrogens with one attached hydrogen (secondary N) is 1. The van der Waals surface area contributed by atoms with Gasteiger partial charge in [-0.3, -0.25) is 0 Å². The number of hydrogen-bond acceptors (Lipinski definition) is 3. The number of nitrogens with zero attached hydrogens (tertiary/aromatic N) is 1. The Kier molecular flexibility index (Phi) is 7.60. The number of carbonyl (C=O) groups excluding carboxylic acids is 1. The molecule has 0 aromatic rings. The highest BCUT2D eigenvalue weighted by molar-refractivity contribution is 5.68. The molecule has 1 unspecified atom stereocenters. The zero-order valence-corrected chi connectivity index (χ0v) is 17.1. The number of rotatable bonds is 5. The van der Waals surface area contributed by atoms with Crippen molar-refractivity contribution < 1.29 is 9.53 Å². The molecule has 3 atom stereocenters. The largest absolute Gasteiger partial charge is 0.444 e. The van der Waals surface area contributed by atoms with E-state index in [2.05, 4.69) is 24.1 Å². The van der Waals surface area contributed by atoms with Crippen molar-refractivity contribution in [3.63, 3.8) is 0 Å². The molecule has 1 aliphatic heterocycles. The Bertz CT molecular complexity index is 417. The molecule has 4 nitrogen and oxygen atoms in total. The molecule has 0 spiro atoms. The fourth-order valence-corrected chi connectivity index (χ4v) is 4.58. The molecule has 1 heterocycles. The van der Waals surface area contributed by atoms with Crippen molar-refractivity contribution in [3.05, 3.63) is 0 Å². The van der Waals surface area contributed by atoms with Crippen LogP contribution >= 0.6 is 0 Å². The highest BCUT2D eigenvalue weighted by Crippen LogP contribution is 2.29. The van der Waals surface area contributed by atoms with Crippen LogP contribution in [0.1, 0.15) is 79.6 Å². The van der Waals surface area contributed by atoms with Gasteiger partial charge in [0.2, 0.25) is 0 Å². The van der Waals surface area contributed by atoms with E-state index in [0.717, 1.165) is 24.8 Å². The average Bonchev–Trinajstić information content (AvgIpc) is 2.47. The van der Waals surface area contributed by atoms with Gasteiger partial charge < -0.3 is 15.0 Å². The maximum Gasteiger partial charge on any atom is 0.407 e. The van der Waals surface area contributed by atoms with Crippen molar-refractivity contribution in [3.8, 4) is 0 Å². The van der Waals surface area contributed by atoms with E-state index >= 15 is 0 Å². The van der Waals surface area contributed by atoms with Crippen LogP contribution in [0, 0.1) is 17.8 Å². The lowest BCUT2D eigenvalue weighted by atomic mass is 9.83. The van der Waals surface area contributed by atoms with E-state index in [0.29, 0.717) is 5.92 Å². The summed E-state index contributed by atoms with van der Waals surface area (Å²) in [5.41, 5.74) is -0.425. The molecule has 1 aliphatic carbocycles. The third-order valence-electron chi connectivity index (χ3n) is 5.51. The third-order valence-corrected chi connectivity index (χ3v) is 5.51. The number of piperidine rings is 1. The Balaban J connectivity index is 1.86. The second-order valence-corrected chi connectivity index (χ2v) is 9.69. The normalized spacial score (nSPS) is 28.8. The Morgan fingerprint density at radius 2 is 1.88 bits per heavy atom. The molecule has 2 fully saturated rings. The van der Waals surface area contributed by atoms with Crippen molar-refractivity contribution in [2.45, 2.75) is 91.2 Å². The molecule has 0 radical (unpaired) electrons. The number of ether oxygens (including phenoxy) is 1. The molecule has 25 heavy (non-hydrogen) atoms. The van der Waals surface area contributed by atoms with Crippen LogP contribution < -0.4 is 5.32 Å². The van der Waals surface area contributed by atoms with Crippen LogP contribution in [0.5, 0.6) is 0 Å². The summed E-state index contributed by atoms with van der Waals surface area (Å²) in [6.45, 7) is 14.0. The molecule has 4 heteroatoms. The Hall–Kier alpha value is -0.770. The third kappa shape index (κ3) is 7.55. The topological polar surface area (TPSA) is 41.6 Å². The maximum absolute atomic E-state index is 12.2. The Morgan fingerprint density at radius 1 is 1.16 bits per heavy atom. The zero-order valence-electron chi connectivity index (χ0n) is 17.1. The van der Waals surface area contributed by atoms with Crippen LogP contribution in [0.3, 0.4) is 0 Å². The second kappa shape index (κ2) is 9.25. The lowest BCUT2D eigenvalue weighted by Gasteiger charge is -2.39. The summed E-state index contributed by atoms with van der Waals surface area (Å²) in [6, 6.07) is 0.272. The van der Waals surface area contributed by atoms with Gasteiger partial charge >= 0.3 is 6.09 Å². The molecule has 0 aromatic carbocycles. The van der Waals surface area contributed by atoms with E-state index in [4.69, 9.17) is 4.74 Å². The van der Waals surface area contributed by atoms with E-state index in [9.17, 15) is 4.79 Å². The molecular formula is C21H40N2O2. The zero-order chi connectivity index (χ0) is 18.4. The Morgan fingerprint density at radius 3 is 2.56 bits per heavy atom. The molecule has 1 saturated heterocycles. The fourth-order valence-electron chi connectivity index (χ4n) is 4.58. The molecule has 1 saturated carbocycles. The lowest BCUT2D eigenvalue weighted by molar-refractivity contribution is 0.0441. The molecule has 0 aromatic heterocycles. The summed E-state index contributed by atoms with van der Waals surface area (Å²) in [6.07, 6.45) is 8.64. The smallest absolute Gasteiger partial charge is 0.407 e. The minimum Gasteiger partial charge on any atom is -0.444 e. The summed E-state index contributed by atoms with van der Waals surface area (Å²) >= 11 is 0. The summed E-state index contributed by atoms with van der Waals surface area (Å²) in [5.74, 6) is 2.22. The number of carbonyl (C=O) groups is 1. The summed E-state index contributed by atoms with van der Waals surface area (Å²) in [7, 11) is 0. The van der Waals surface area contributed by atoms with Crippen LogP contribution in [0.15, 0.2) is 0 Å². The highest BCUT2D eigenvalue weighted by atomic mass is 16.6. The highest BCUT2D eigenvalue weighted by Gasteiger charge is 2.31. The van der Waals surface area contributed by atoms with Gasteiger partial charge in [0, 0.05) is 19.1 Å². The van der Waals surface area contributed by atoms with Gasteiger partial charge in [0.1, 0.15) is 5.60 Å². The summed E-state index contributed by atoms with van der Waals surface area (Å²) < 4.78 is 5.48. The Labute approximate surface area is 155 Å². The maximum atomic E-state index is 12.2. The van der Waals surface area contributed by atoms with Crippen LogP contribution in [0.4, 0.5) is 4.79 Å². The van der Waals surface area contributed by atoms with Crippen LogP contribution in [-0.2, 0) is 4.74 Å². The van der Waals surface area contributed by atoms with E-state index < -0.39 is 5.60 Å². The molecular weight excluding hydrogens is 312 g/mol. The quantitative estimate of drug-likeness (QED) is 0.770. The second-order valence-electron chi connectivity index (χ2n) is 9.69. The van der Waals surface area contributed by atoms with Gasteiger partial charge in [0.05, 0.1) is 0 Å². The lowest BCUT2D eigenvalue weighted by Crippen LogP contribution is -2.49. The van der Waals surface area contributed by atoms with Gasteiger partial charge in [-0.25, -0.2) is 4.79 Å². The predicted octanol–water partition coefficient (Wildman–Crippen LogP) is 4.83. The minimum atomic E-state index is -0.425. The molecule has 0 bridgehead atoms. The van der Waals surface area contributed by atoms with E-state index in [1.807, 2.05) is 20.8 Å². The van der Waals surface area contributed by atoms with Crippen molar-refractivity contribution >= 4 is 6.09 Å². The molecule has 146 valence electrons. The number of likely N-dealkylation sites (tertiary alicyclic amines) is 1. The van der Waals surface area contributed by atoms with E-state index in [1.54, 1.807) is 0 Å². The van der Waals surface area contributed by atoms with Gasteiger partial charge in [-0.1, -0.05) is 26.7 Å². The number of amides is 1. The predicted molar refractivity (Wildman–Crippen MR) is 104 cm³/mol. The standard InChI is InChI=1S/C21H40N2O2/c1-16(2)13-17-9-8-12-23(14-17)15-18-10-6-7-11-19(18)22-20(24)25-21(3,4)5/h16-19H,6-15H2,1-5H3,(H,22,24)/t17?,18-,19+/m0/s1. The van der Waals surface area contributed by atoms with E-state index in [-0.39, 0.29) is 12.1 Å². The first-order chi connectivity index (χ1) is 11.7. The van der Waals surface area contributed by atoms with Gasteiger partial charge in [-0.15, -0.1) is 0 Å². The van der Waals surface area contributed by atoms with E-state index in [1.165, 1.54) is 51.6 Å². The van der Waals surface area contributed by atoms with Crippen molar-refractivity contribution in [1.29, 1.82) is 0 Å². The molecule has 1 amide bonds. The molecule has 2 rings (SSSR count). The monoisotopic (exact) mass is 352 g/mol. The SMILES string of the molecule is CC(C)CC1CCCN(C[C@@H]2CCCC[C@H]2NC(=O)OC(C)(C)C)C1. The van der Waals surface area contributed by atoms with Crippen molar-refractivity contribution in [2.24, 2.45) is 17.8 Å². The first-order valence-corrected chi connectivity index (χ1v) is 10.4. The van der Waals surface area contributed by atoms with Crippen LogP contribution in [-0.4, -0.2) is 42.3 Å². The number of hydrogen-bond donors (Lipinski definition) is 1. The van der Waals surface area contributed by atoms with Crippen molar-refractivity contribution in [2.75, 3.05) is 19.6 Å². The summed E-state index contributed by atoms with van der Waals surface area (Å²) in [4.78, 5) is 14.9. The van der Waals surface area contributed by atoms with Gasteiger partial charge in [-0.05, 0) is 77.2 Å². The van der Waals surface area contributed by atoms with Gasteiger partial charge in [0.15, 0.2) is 0 Å². The first-order valence-electron chi connectivity index (χ1n) is 10.4. The minimum absolute atomic E-state index is 0.249. The molecule has 1 N–H and O–H groups in total. The van der Waals surface area contributed by atoms with Gasteiger partial charge in [0.25, 0.3) is 0 Å². The van der Waals surface area contributed by atoms with Crippen molar-refractivity contribution in [1.82, 2.24) is 10.2 Å². The van der Waals surface area contributed by atoms with Gasteiger partial charge in [-0.2, -0.15) is 0 Å². The van der Waals surface area contributed by atoms with Crippen LogP contribution in [0.2, 0.25) is 0 Å². The first kappa shape index (κ1) is 20.5.